The molecule has 0 radical (unpaired) electrons. The fourth-order valence-corrected chi connectivity index (χ4v) is 3.00. The summed E-state index contributed by atoms with van der Waals surface area (Å²) in [5, 5.41) is 2.84. The number of aromatic nitrogens is 2. The molecular weight excluding hydrogens is 323 g/mol. The lowest BCUT2D eigenvalue weighted by Crippen LogP contribution is -2.38. The number of piperidine rings is 1. The summed E-state index contributed by atoms with van der Waals surface area (Å²) in [6.45, 7) is 1.38. The zero-order valence-corrected chi connectivity index (χ0v) is 13.5. The molecule has 1 saturated heterocycles. The quantitative estimate of drug-likeness (QED) is 0.793. The van der Waals surface area contributed by atoms with Crippen LogP contribution in [0.25, 0.3) is 11.2 Å². The topological polar surface area (TPSA) is 71.3 Å². The Hall–Kier alpha value is -2.96. The van der Waals surface area contributed by atoms with Crippen molar-refractivity contribution in [1.29, 1.82) is 0 Å². The number of nitrogens with one attached hydrogen (secondary N) is 1. The molecular formula is C18H17FN4O2. The summed E-state index contributed by atoms with van der Waals surface area (Å²) >= 11 is 0. The minimum absolute atomic E-state index is 0.0366. The van der Waals surface area contributed by atoms with Crippen LogP contribution in [0.15, 0.2) is 47.0 Å². The number of anilines is 2. The molecule has 4 rings (SSSR count). The molecule has 6 nitrogen and oxygen atoms in total. The smallest absolute Gasteiger partial charge is 0.299 e. The molecule has 7 heteroatoms. The molecule has 2 aromatic heterocycles. The van der Waals surface area contributed by atoms with Crippen molar-refractivity contribution in [3.63, 3.8) is 0 Å². The van der Waals surface area contributed by atoms with Gasteiger partial charge in [0.15, 0.2) is 5.58 Å². The summed E-state index contributed by atoms with van der Waals surface area (Å²) in [6, 6.07) is 9.98. The molecule has 128 valence electrons. The number of halogens is 1. The van der Waals surface area contributed by atoms with Crippen molar-refractivity contribution in [2.75, 3.05) is 23.3 Å². The van der Waals surface area contributed by atoms with Crippen LogP contribution >= 0.6 is 0 Å². The predicted octanol–water partition coefficient (Wildman–Crippen LogP) is 3.22. The molecule has 0 unspecified atom stereocenters. The van der Waals surface area contributed by atoms with E-state index in [9.17, 15) is 9.18 Å². The lowest BCUT2D eigenvalue weighted by molar-refractivity contribution is -0.120. The summed E-state index contributed by atoms with van der Waals surface area (Å²) < 4.78 is 18.6. The van der Waals surface area contributed by atoms with E-state index in [1.54, 1.807) is 18.3 Å². The van der Waals surface area contributed by atoms with Crippen LogP contribution in [-0.4, -0.2) is 29.0 Å². The fourth-order valence-electron chi connectivity index (χ4n) is 3.00. The van der Waals surface area contributed by atoms with E-state index in [1.165, 1.54) is 12.1 Å². The van der Waals surface area contributed by atoms with Gasteiger partial charge in [-0.25, -0.2) is 9.37 Å². The van der Waals surface area contributed by atoms with Crippen molar-refractivity contribution in [1.82, 2.24) is 9.97 Å². The maximum Gasteiger partial charge on any atom is 0.299 e. The number of rotatable bonds is 3. The molecule has 1 aliphatic rings. The van der Waals surface area contributed by atoms with Crippen LogP contribution in [0.5, 0.6) is 0 Å². The lowest BCUT2D eigenvalue weighted by atomic mass is 9.96. The SMILES string of the molecule is O=C(Nc1ccc(F)cc1)C1CCN(c2nc3ncccc3o2)CC1. The molecule has 3 aromatic rings. The molecule has 1 aromatic carbocycles. The first-order valence-corrected chi connectivity index (χ1v) is 8.22. The van der Waals surface area contributed by atoms with E-state index in [2.05, 4.69) is 15.3 Å². The van der Waals surface area contributed by atoms with Gasteiger partial charge in [0.05, 0.1) is 0 Å². The van der Waals surface area contributed by atoms with Crippen LogP contribution < -0.4 is 10.2 Å². The van der Waals surface area contributed by atoms with Gasteiger partial charge in [-0.05, 0) is 49.2 Å². The molecule has 3 heterocycles. The second-order valence-corrected chi connectivity index (χ2v) is 6.08. The molecule has 25 heavy (non-hydrogen) atoms. The van der Waals surface area contributed by atoms with E-state index >= 15 is 0 Å². The van der Waals surface area contributed by atoms with Crippen LogP contribution in [0.4, 0.5) is 16.1 Å². The number of nitrogens with zero attached hydrogens (tertiary/aromatic N) is 3. The first kappa shape index (κ1) is 15.6. The zero-order valence-electron chi connectivity index (χ0n) is 13.5. The van der Waals surface area contributed by atoms with Crippen LogP contribution in [0.3, 0.4) is 0 Å². The first-order chi connectivity index (χ1) is 12.2. The third-order valence-electron chi connectivity index (χ3n) is 4.40. The van der Waals surface area contributed by atoms with Crippen LogP contribution in [0.2, 0.25) is 0 Å². The minimum Gasteiger partial charge on any atom is -0.422 e. The molecule has 0 bridgehead atoms. The molecule has 1 N–H and O–H groups in total. The van der Waals surface area contributed by atoms with E-state index in [0.717, 1.165) is 0 Å². The first-order valence-electron chi connectivity index (χ1n) is 8.22. The molecule has 1 amide bonds. The number of benzene rings is 1. The fraction of sp³-hybridized carbons (Fsp3) is 0.278. The van der Waals surface area contributed by atoms with Gasteiger partial charge in [0.2, 0.25) is 11.6 Å². The van der Waals surface area contributed by atoms with E-state index in [-0.39, 0.29) is 17.6 Å². The van der Waals surface area contributed by atoms with Crippen LogP contribution in [0.1, 0.15) is 12.8 Å². The number of oxazole rings is 1. The normalized spacial score (nSPS) is 15.5. The van der Waals surface area contributed by atoms with Gasteiger partial charge >= 0.3 is 0 Å². The van der Waals surface area contributed by atoms with Crippen LogP contribution in [-0.2, 0) is 4.79 Å². The van der Waals surface area contributed by atoms with Gasteiger partial charge in [0, 0.05) is 30.9 Å². The highest BCUT2D eigenvalue weighted by Crippen LogP contribution is 2.26. The Bertz CT molecular complexity index is 852. The van der Waals surface area contributed by atoms with Gasteiger partial charge < -0.3 is 14.6 Å². The summed E-state index contributed by atoms with van der Waals surface area (Å²) in [5.74, 6) is -0.437. The lowest BCUT2D eigenvalue weighted by Gasteiger charge is -2.30. The molecule has 0 atom stereocenters. The molecule has 1 aliphatic heterocycles. The monoisotopic (exact) mass is 340 g/mol. The maximum atomic E-state index is 12.9. The second-order valence-electron chi connectivity index (χ2n) is 6.08. The predicted molar refractivity (Wildman–Crippen MR) is 91.8 cm³/mol. The summed E-state index contributed by atoms with van der Waals surface area (Å²) in [6.07, 6.45) is 3.10. The van der Waals surface area contributed by atoms with E-state index < -0.39 is 0 Å². The molecule has 0 aliphatic carbocycles. The van der Waals surface area contributed by atoms with Gasteiger partial charge in [0.25, 0.3) is 6.01 Å². The van der Waals surface area contributed by atoms with Gasteiger partial charge in [-0.15, -0.1) is 0 Å². The van der Waals surface area contributed by atoms with Gasteiger partial charge in [-0.3, -0.25) is 4.79 Å². The van der Waals surface area contributed by atoms with Crippen LogP contribution in [0, 0.1) is 11.7 Å². The number of carbonyl (C=O) groups is 1. The zero-order chi connectivity index (χ0) is 17.2. The van der Waals surface area contributed by atoms with E-state index in [0.29, 0.717) is 48.9 Å². The Labute approximate surface area is 143 Å². The van der Waals surface area contributed by atoms with E-state index in [1.807, 2.05) is 17.0 Å². The Morgan fingerprint density at radius 2 is 1.96 bits per heavy atom. The molecule has 0 saturated carbocycles. The number of amides is 1. The average Bonchev–Trinajstić information content (AvgIpc) is 3.08. The van der Waals surface area contributed by atoms with Crippen molar-refractivity contribution in [3.8, 4) is 0 Å². The van der Waals surface area contributed by atoms with Crippen molar-refractivity contribution in [2.24, 2.45) is 5.92 Å². The van der Waals surface area contributed by atoms with Gasteiger partial charge in [-0.1, -0.05) is 0 Å². The third kappa shape index (κ3) is 3.31. The summed E-state index contributed by atoms with van der Waals surface area (Å²) in [4.78, 5) is 23.0. The number of pyridine rings is 1. The van der Waals surface area contributed by atoms with Crippen molar-refractivity contribution >= 4 is 28.8 Å². The summed E-state index contributed by atoms with van der Waals surface area (Å²) in [7, 11) is 0. The third-order valence-corrected chi connectivity index (χ3v) is 4.40. The molecule has 1 fully saturated rings. The Kier molecular flexibility index (Phi) is 4.05. The van der Waals surface area contributed by atoms with Gasteiger partial charge in [-0.2, -0.15) is 4.98 Å². The second kappa shape index (κ2) is 6.51. The highest BCUT2D eigenvalue weighted by Gasteiger charge is 2.27. The maximum absolute atomic E-state index is 12.9. The largest absolute Gasteiger partial charge is 0.422 e. The van der Waals surface area contributed by atoms with E-state index in [4.69, 9.17) is 4.42 Å². The molecule has 0 spiro atoms. The minimum atomic E-state index is -0.320. The number of hydrogen-bond acceptors (Lipinski definition) is 5. The Morgan fingerprint density at radius 1 is 1.20 bits per heavy atom. The number of fused-ring (bicyclic) bond motifs is 1. The average molecular weight is 340 g/mol. The van der Waals surface area contributed by atoms with Crippen molar-refractivity contribution < 1.29 is 13.6 Å². The highest BCUT2D eigenvalue weighted by molar-refractivity contribution is 5.92. The Morgan fingerprint density at radius 3 is 2.68 bits per heavy atom. The number of carbonyl (C=O) groups excluding carboxylic acids is 1. The standard InChI is InChI=1S/C18H17FN4O2/c19-13-3-5-14(6-4-13)21-17(24)12-7-10-23(11-8-12)18-22-16-15(25-18)2-1-9-20-16/h1-6,9,12H,7-8,10-11H2,(H,21,24). The van der Waals surface area contributed by atoms with Gasteiger partial charge in [0.1, 0.15) is 5.82 Å². The van der Waals surface area contributed by atoms with Crippen molar-refractivity contribution in [2.45, 2.75) is 12.8 Å². The number of hydrogen-bond donors (Lipinski definition) is 1. The Balaban J connectivity index is 1.37. The van der Waals surface area contributed by atoms with Crippen molar-refractivity contribution in [3.05, 3.63) is 48.4 Å². The summed E-state index contributed by atoms with van der Waals surface area (Å²) in [5.41, 5.74) is 1.86. The highest BCUT2D eigenvalue weighted by atomic mass is 19.1.